The third kappa shape index (κ3) is 6.82. The minimum absolute atomic E-state index is 0.877. The number of hydrogen-bond acceptors (Lipinski definition) is 2. The van der Waals surface area contributed by atoms with E-state index in [0.717, 1.165) is 72.5 Å². The Morgan fingerprint density at radius 1 is 0.296 bits per heavy atom. The van der Waals surface area contributed by atoms with E-state index < -0.39 is 0 Å². The molecule has 14 aromatic rings. The van der Waals surface area contributed by atoms with Crippen LogP contribution in [0.15, 0.2) is 271 Å². The summed E-state index contributed by atoms with van der Waals surface area (Å²) in [5, 5.41) is 9.74. The van der Waals surface area contributed by atoms with Crippen molar-refractivity contribution < 1.29 is 4.42 Å². The molecule has 0 radical (unpaired) electrons. The molecule has 0 amide bonds. The molecule has 71 heavy (non-hydrogen) atoms. The van der Waals surface area contributed by atoms with Crippen LogP contribution >= 0.6 is 0 Å². The number of nitrogens with zero attached hydrogens (tertiary/aromatic N) is 2. The van der Waals surface area contributed by atoms with Crippen molar-refractivity contribution in [3.8, 4) is 50.2 Å². The van der Waals surface area contributed by atoms with Crippen molar-refractivity contribution in [2.24, 2.45) is 0 Å². The van der Waals surface area contributed by atoms with Crippen molar-refractivity contribution in [2.75, 3.05) is 4.90 Å². The van der Waals surface area contributed by atoms with E-state index in [4.69, 9.17) is 4.42 Å². The van der Waals surface area contributed by atoms with Gasteiger partial charge in [-0.2, -0.15) is 0 Å². The Labute approximate surface area is 411 Å². The van der Waals surface area contributed by atoms with E-state index in [-0.39, 0.29) is 0 Å². The maximum absolute atomic E-state index is 6.43. The molecule has 2 heterocycles. The molecule has 0 bridgehead atoms. The fraction of sp³-hybridized carbons (Fsp3) is 0. The second kappa shape index (κ2) is 16.7. The summed E-state index contributed by atoms with van der Waals surface area (Å²) in [6.45, 7) is 0. The van der Waals surface area contributed by atoms with E-state index in [1.165, 1.54) is 60.0 Å². The molecule has 0 aliphatic rings. The molecular weight excluding hydrogens is 861 g/mol. The molecule has 0 spiro atoms. The maximum atomic E-state index is 6.43. The Balaban J connectivity index is 0.851. The van der Waals surface area contributed by atoms with Gasteiger partial charge in [0.2, 0.25) is 0 Å². The number of furan rings is 1. The monoisotopic (exact) mass is 904 g/mol. The standard InChI is InChI=1S/C68H44N2O/c1-2-18-54-50(15-1)44-62(56-20-4-3-19-55(54)56)49-16-13-17-53(43-49)69(63-26-9-7-23-59(63)60-25-14-30-67-68(60)61-24-8-12-29-66(61)71-67)51-39-35-47(36-40-51)45-31-33-46(34-32-45)48-37-41-52(42-38-48)70-64-27-10-5-21-57(64)58-22-6-11-28-65(58)70/h1-44H. The Kier molecular flexibility index (Phi) is 9.53. The third-order valence-electron chi connectivity index (χ3n) is 14.4. The van der Waals surface area contributed by atoms with E-state index >= 15 is 0 Å². The number of rotatable bonds is 8. The van der Waals surface area contributed by atoms with Crippen molar-refractivity contribution in [3.05, 3.63) is 267 Å². The summed E-state index contributed by atoms with van der Waals surface area (Å²) in [5.74, 6) is 0. The minimum Gasteiger partial charge on any atom is -0.456 e. The van der Waals surface area contributed by atoms with E-state index in [9.17, 15) is 0 Å². The lowest BCUT2D eigenvalue weighted by Gasteiger charge is -2.29. The Morgan fingerprint density at radius 3 is 1.54 bits per heavy atom. The van der Waals surface area contributed by atoms with E-state index in [1.807, 2.05) is 6.07 Å². The van der Waals surface area contributed by atoms with Crippen molar-refractivity contribution in [3.63, 3.8) is 0 Å². The van der Waals surface area contributed by atoms with Crippen LogP contribution < -0.4 is 4.90 Å². The summed E-state index contributed by atoms with van der Waals surface area (Å²) in [7, 11) is 0. The van der Waals surface area contributed by atoms with Gasteiger partial charge in [0.15, 0.2) is 0 Å². The van der Waals surface area contributed by atoms with Crippen LogP contribution in [0.4, 0.5) is 17.1 Å². The van der Waals surface area contributed by atoms with Gasteiger partial charge >= 0.3 is 0 Å². The number of para-hydroxylation sites is 4. The predicted molar refractivity (Wildman–Crippen MR) is 299 cm³/mol. The Morgan fingerprint density at radius 2 is 0.817 bits per heavy atom. The first-order valence-corrected chi connectivity index (χ1v) is 24.3. The lowest BCUT2D eigenvalue weighted by atomic mass is 9.93. The molecular formula is C68H44N2O. The molecule has 0 aliphatic heterocycles. The van der Waals surface area contributed by atoms with Gasteiger partial charge in [0, 0.05) is 44.2 Å². The van der Waals surface area contributed by atoms with Crippen molar-refractivity contribution in [1.82, 2.24) is 4.57 Å². The Hall–Kier alpha value is -9.44. The molecule has 0 unspecified atom stereocenters. The first-order chi connectivity index (χ1) is 35.2. The third-order valence-corrected chi connectivity index (χ3v) is 14.4. The van der Waals surface area contributed by atoms with E-state index in [1.54, 1.807) is 0 Å². The van der Waals surface area contributed by atoms with Gasteiger partial charge in [0.1, 0.15) is 11.2 Å². The normalized spacial score (nSPS) is 11.7. The predicted octanol–water partition coefficient (Wildman–Crippen LogP) is 19.1. The zero-order chi connectivity index (χ0) is 46.8. The zero-order valence-corrected chi connectivity index (χ0v) is 38.7. The highest BCUT2D eigenvalue weighted by Gasteiger charge is 2.22. The minimum atomic E-state index is 0.877. The zero-order valence-electron chi connectivity index (χ0n) is 38.7. The van der Waals surface area contributed by atoms with E-state index in [2.05, 4.69) is 270 Å². The highest BCUT2D eigenvalue weighted by Crippen LogP contribution is 2.46. The second-order valence-electron chi connectivity index (χ2n) is 18.4. The van der Waals surface area contributed by atoms with Crippen LogP contribution in [0.3, 0.4) is 0 Å². The smallest absolute Gasteiger partial charge is 0.136 e. The van der Waals surface area contributed by atoms with Gasteiger partial charge in [-0.15, -0.1) is 0 Å². The van der Waals surface area contributed by atoms with Crippen LogP contribution in [0.2, 0.25) is 0 Å². The quantitative estimate of drug-likeness (QED) is 0.142. The largest absolute Gasteiger partial charge is 0.456 e. The molecule has 0 saturated heterocycles. The molecule has 3 heteroatoms. The summed E-state index contributed by atoms with van der Waals surface area (Å²) in [6, 6.07) is 96.7. The molecule has 0 saturated carbocycles. The average molecular weight is 905 g/mol. The highest BCUT2D eigenvalue weighted by molar-refractivity contribution is 6.15. The van der Waals surface area contributed by atoms with Gasteiger partial charge in [-0.25, -0.2) is 0 Å². The molecule has 2 aromatic heterocycles. The Bertz CT molecular complexity index is 4280. The average Bonchev–Trinajstić information content (AvgIpc) is 4.00. The first kappa shape index (κ1) is 40.6. The number of anilines is 3. The highest BCUT2D eigenvalue weighted by atomic mass is 16.3. The van der Waals surface area contributed by atoms with Crippen LogP contribution in [-0.4, -0.2) is 4.57 Å². The fourth-order valence-corrected chi connectivity index (χ4v) is 11.1. The number of hydrogen-bond donors (Lipinski definition) is 0. The lowest BCUT2D eigenvalue weighted by molar-refractivity contribution is 0.669. The molecule has 3 nitrogen and oxygen atoms in total. The summed E-state index contributed by atoms with van der Waals surface area (Å²) in [6.07, 6.45) is 0. The molecule has 14 rings (SSSR count). The molecule has 12 aromatic carbocycles. The topological polar surface area (TPSA) is 21.3 Å². The van der Waals surface area contributed by atoms with Crippen LogP contribution in [0.25, 0.3) is 115 Å². The van der Waals surface area contributed by atoms with Crippen molar-refractivity contribution >= 4 is 82.4 Å². The summed E-state index contributed by atoms with van der Waals surface area (Å²) >= 11 is 0. The van der Waals surface area contributed by atoms with Gasteiger partial charge in [-0.05, 0) is 133 Å². The molecule has 0 atom stereocenters. The van der Waals surface area contributed by atoms with Gasteiger partial charge in [-0.1, -0.05) is 194 Å². The van der Waals surface area contributed by atoms with Gasteiger partial charge in [0.25, 0.3) is 0 Å². The first-order valence-electron chi connectivity index (χ1n) is 24.3. The second-order valence-corrected chi connectivity index (χ2v) is 18.4. The van der Waals surface area contributed by atoms with Crippen LogP contribution in [0.5, 0.6) is 0 Å². The summed E-state index contributed by atoms with van der Waals surface area (Å²) in [4.78, 5) is 2.42. The van der Waals surface area contributed by atoms with Crippen LogP contribution in [0.1, 0.15) is 0 Å². The van der Waals surface area contributed by atoms with Crippen molar-refractivity contribution in [1.29, 1.82) is 0 Å². The van der Waals surface area contributed by atoms with E-state index in [0.29, 0.717) is 0 Å². The number of fused-ring (bicyclic) bond motifs is 9. The maximum Gasteiger partial charge on any atom is 0.136 e. The SMILES string of the molecule is c1cc(-c2cc3ccccc3c3ccccc23)cc(N(c2ccc(-c3ccc(-c4ccc(-n5c6ccccc6c6ccccc65)cc4)cc3)cc2)c2ccccc2-c2cccc3oc4ccccc4c23)c1. The van der Waals surface area contributed by atoms with Crippen molar-refractivity contribution in [2.45, 2.75) is 0 Å². The number of benzene rings is 12. The van der Waals surface area contributed by atoms with Crippen LogP contribution in [-0.2, 0) is 0 Å². The molecule has 0 N–H and O–H groups in total. The van der Waals surface area contributed by atoms with Gasteiger partial charge in [0.05, 0.1) is 16.7 Å². The van der Waals surface area contributed by atoms with Gasteiger partial charge in [-0.3, -0.25) is 0 Å². The van der Waals surface area contributed by atoms with Crippen LogP contribution in [0, 0.1) is 0 Å². The summed E-state index contributed by atoms with van der Waals surface area (Å²) < 4.78 is 8.80. The number of aromatic nitrogens is 1. The molecule has 0 aliphatic carbocycles. The lowest BCUT2D eigenvalue weighted by Crippen LogP contribution is -2.11. The fourth-order valence-electron chi connectivity index (χ4n) is 11.1. The molecule has 0 fully saturated rings. The summed E-state index contributed by atoms with van der Waals surface area (Å²) in [5.41, 5.74) is 17.9. The van der Waals surface area contributed by atoms with Gasteiger partial charge < -0.3 is 13.9 Å². The molecule has 332 valence electrons.